The van der Waals surface area contributed by atoms with Crippen LogP contribution in [0.4, 0.5) is 18.9 Å². The van der Waals surface area contributed by atoms with E-state index in [1.165, 1.54) is 31.2 Å². The predicted octanol–water partition coefficient (Wildman–Crippen LogP) is 2.87. The van der Waals surface area contributed by atoms with E-state index in [-0.39, 0.29) is 11.4 Å². The summed E-state index contributed by atoms with van der Waals surface area (Å²) >= 11 is 0. The second-order valence-electron chi connectivity index (χ2n) is 5.10. The molecule has 2 aromatic carbocycles. The summed E-state index contributed by atoms with van der Waals surface area (Å²) < 4.78 is 43.9. The number of ether oxygens (including phenoxy) is 1. The second kappa shape index (κ2) is 6.70. The summed E-state index contributed by atoms with van der Waals surface area (Å²) in [6.07, 6.45) is 0. The molecule has 0 aliphatic rings. The first-order chi connectivity index (χ1) is 10.8. The first-order valence-electron chi connectivity index (χ1n) is 6.65. The van der Waals surface area contributed by atoms with Crippen molar-refractivity contribution in [3.8, 4) is 5.75 Å². The number of aliphatic hydroxyl groups is 1. The number of halogens is 3. The number of hydrogen-bond acceptors (Lipinski definition) is 3. The molecule has 2 rings (SSSR count). The topological polar surface area (TPSA) is 58.6 Å². The van der Waals surface area contributed by atoms with Crippen LogP contribution in [-0.4, -0.2) is 23.2 Å². The van der Waals surface area contributed by atoms with Gasteiger partial charge in [-0.3, -0.25) is 4.79 Å². The summed E-state index contributed by atoms with van der Waals surface area (Å²) in [6, 6.07) is 7.85. The molecular weight excluding hydrogens is 311 g/mol. The Morgan fingerprint density at radius 2 is 1.78 bits per heavy atom. The van der Waals surface area contributed by atoms with Crippen molar-refractivity contribution in [2.45, 2.75) is 12.5 Å². The molecule has 0 saturated carbocycles. The van der Waals surface area contributed by atoms with E-state index in [1.807, 2.05) is 0 Å². The lowest BCUT2D eigenvalue weighted by molar-refractivity contribution is -0.135. The highest BCUT2D eigenvalue weighted by atomic mass is 19.2. The van der Waals surface area contributed by atoms with Crippen LogP contribution in [0.2, 0.25) is 0 Å². The van der Waals surface area contributed by atoms with Crippen molar-refractivity contribution in [1.29, 1.82) is 0 Å². The van der Waals surface area contributed by atoms with Gasteiger partial charge >= 0.3 is 0 Å². The standard InChI is InChI=1S/C16H14F3NO3/c1-16(22,9-23-12-5-2-10(17)3-6-12)15(21)20-11-4-7-13(18)14(19)8-11/h2-8,22H,9H2,1H3,(H,20,21)/t16-/m0/s1. The van der Waals surface area contributed by atoms with Gasteiger partial charge in [0.1, 0.15) is 18.2 Å². The number of anilines is 1. The molecule has 1 amide bonds. The molecule has 2 aromatic rings. The SMILES string of the molecule is C[C@](O)(COc1ccc(F)cc1)C(=O)Nc1ccc(F)c(F)c1. The molecule has 0 heterocycles. The Balaban J connectivity index is 1.98. The van der Waals surface area contributed by atoms with Gasteiger partial charge in [0, 0.05) is 11.8 Å². The molecule has 2 N–H and O–H groups in total. The summed E-state index contributed by atoms with van der Waals surface area (Å²) in [5, 5.41) is 12.4. The van der Waals surface area contributed by atoms with Gasteiger partial charge in [-0.25, -0.2) is 13.2 Å². The van der Waals surface area contributed by atoms with E-state index in [0.717, 1.165) is 18.2 Å². The molecule has 23 heavy (non-hydrogen) atoms. The third kappa shape index (κ3) is 4.46. The summed E-state index contributed by atoms with van der Waals surface area (Å²) in [4.78, 5) is 12.0. The minimum absolute atomic E-state index is 0.00374. The molecule has 122 valence electrons. The fourth-order valence-corrected chi connectivity index (χ4v) is 1.66. The minimum Gasteiger partial charge on any atom is -0.490 e. The van der Waals surface area contributed by atoms with Gasteiger partial charge in [-0.2, -0.15) is 0 Å². The molecule has 0 unspecified atom stereocenters. The Morgan fingerprint density at radius 1 is 1.13 bits per heavy atom. The first-order valence-corrected chi connectivity index (χ1v) is 6.65. The van der Waals surface area contributed by atoms with Gasteiger partial charge in [0.05, 0.1) is 0 Å². The molecule has 1 atom stereocenters. The monoisotopic (exact) mass is 325 g/mol. The van der Waals surface area contributed by atoms with Crippen LogP contribution < -0.4 is 10.1 Å². The molecule has 0 radical (unpaired) electrons. The van der Waals surface area contributed by atoms with Crippen LogP contribution in [0.3, 0.4) is 0 Å². The number of carbonyl (C=O) groups excluding carboxylic acids is 1. The van der Waals surface area contributed by atoms with Crippen LogP contribution in [-0.2, 0) is 4.79 Å². The molecule has 0 aromatic heterocycles. The zero-order chi connectivity index (χ0) is 17.0. The summed E-state index contributed by atoms with van der Waals surface area (Å²) in [7, 11) is 0. The zero-order valence-corrected chi connectivity index (χ0v) is 12.1. The Morgan fingerprint density at radius 3 is 2.39 bits per heavy atom. The fraction of sp³-hybridized carbons (Fsp3) is 0.188. The maximum absolute atomic E-state index is 13.1. The Kier molecular flexibility index (Phi) is 4.90. The van der Waals surface area contributed by atoms with Crippen molar-refractivity contribution in [3.05, 3.63) is 59.9 Å². The third-order valence-electron chi connectivity index (χ3n) is 3.00. The van der Waals surface area contributed by atoms with Gasteiger partial charge in [-0.15, -0.1) is 0 Å². The maximum atomic E-state index is 13.1. The molecule has 0 spiro atoms. The molecule has 0 fully saturated rings. The quantitative estimate of drug-likeness (QED) is 0.889. The van der Waals surface area contributed by atoms with E-state index in [0.29, 0.717) is 0 Å². The fourth-order valence-electron chi connectivity index (χ4n) is 1.66. The van der Waals surface area contributed by atoms with Crippen molar-refractivity contribution in [1.82, 2.24) is 0 Å². The minimum atomic E-state index is -1.93. The van der Waals surface area contributed by atoms with Crippen LogP contribution >= 0.6 is 0 Å². The van der Waals surface area contributed by atoms with E-state index in [4.69, 9.17) is 4.74 Å². The van der Waals surface area contributed by atoms with Crippen LogP contribution in [0.1, 0.15) is 6.92 Å². The van der Waals surface area contributed by atoms with Crippen LogP contribution in [0.5, 0.6) is 5.75 Å². The molecular formula is C16H14F3NO3. The molecule has 0 bridgehead atoms. The molecule has 4 nitrogen and oxygen atoms in total. The number of rotatable bonds is 5. The maximum Gasteiger partial charge on any atom is 0.259 e. The second-order valence-corrected chi connectivity index (χ2v) is 5.10. The number of amides is 1. The molecule has 0 aliphatic heterocycles. The molecule has 7 heteroatoms. The number of carbonyl (C=O) groups is 1. The van der Waals surface area contributed by atoms with E-state index in [2.05, 4.69) is 5.32 Å². The molecule has 0 aliphatic carbocycles. The van der Waals surface area contributed by atoms with Gasteiger partial charge in [-0.05, 0) is 43.3 Å². The van der Waals surface area contributed by atoms with Gasteiger partial charge < -0.3 is 15.2 Å². The lowest BCUT2D eigenvalue weighted by Gasteiger charge is -2.22. The number of benzene rings is 2. The third-order valence-corrected chi connectivity index (χ3v) is 3.00. The van der Waals surface area contributed by atoms with E-state index in [9.17, 15) is 23.1 Å². The van der Waals surface area contributed by atoms with Crippen molar-refractivity contribution in [2.24, 2.45) is 0 Å². The van der Waals surface area contributed by atoms with Gasteiger partial charge in [-0.1, -0.05) is 0 Å². The van der Waals surface area contributed by atoms with E-state index >= 15 is 0 Å². The highest BCUT2D eigenvalue weighted by Crippen LogP contribution is 2.17. The van der Waals surface area contributed by atoms with Gasteiger partial charge in [0.15, 0.2) is 17.2 Å². The van der Waals surface area contributed by atoms with E-state index in [1.54, 1.807) is 0 Å². The average molecular weight is 325 g/mol. The van der Waals surface area contributed by atoms with Crippen molar-refractivity contribution in [2.75, 3.05) is 11.9 Å². The summed E-state index contributed by atoms with van der Waals surface area (Å²) in [6.45, 7) is 0.792. The Bertz CT molecular complexity index is 702. The van der Waals surface area contributed by atoms with Crippen molar-refractivity contribution < 1.29 is 27.8 Å². The number of hydrogen-bond donors (Lipinski definition) is 2. The van der Waals surface area contributed by atoms with Crippen LogP contribution in [0, 0.1) is 17.5 Å². The van der Waals surface area contributed by atoms with Gasteiger partial charge in [0.25, 0.3) is 5.91 Å². The molecule has 0 saturated heterocycles. The van der Waals surface area contributed by atoms with Crippen LogP contribution in [0.15, 0.2) is 42.5 Å². The number of nitrogens with one attached hydrogen (secondary N) is 1. The lowest BCUT2D eigenvalue weighted by Crippen LogP contribution is -2.45. The Labute approximate surface area is 130 Å². The van der Waals surface area contributed by atoms with Crippen LogP contribution in [0.25, 0.3) is 0 Å². The smallest absolute Gasteiger partial charge is 0.259 e. The highest BCUT2D eigenvalue weighted by Gasteiger charge is 2.31. The summed E-state index contributed by atoms with van der Waals surface area (Å²) in [5.41, 5.74) is -1.94. The lowest BCUT2D eigenvalue weighted by atomic mass is 10.1. The average Bonchev–Trinajstić information content (AvgIpc) is 2.50. The van der Waals surface area contributed by atoms with E-state index < -0.39 is 35.6 Å². The zero-order valence-electron chi connectivity index (χ0n) is 12.1. The van der Waals surface area contributed by atoms with Crippen molar-refractivity contribution >= 4 is 11.6 Å². The predicted molar refractivity (Wildman–Crippen MR) is 77.5 cm³/mol. The Hall–Kier alpha value is -2.54. The van der Waals surface area contributed by atoms with Gasteiger partial charge in [0.2, 0.25) is 0 Å². The normalized spacial score (nSPS) is 13.3. The largest absolute Gasteiger partial charge is 0.490 e. The van der Waals surface area contributed by atoms with Crippen molar-refractivity contribution in [3.63, 3.8) is 0 Å². The highest BCUT2D eigenvalue weighted by molar-refractivity contribution is 5.96. The first kappa shape index (κ1) is 16.8. The summed E-state index contributed by atoms with van der Waals surface area (Å²) in [5.74, 6) is -3.20.